The Bertz CT molecular complexity index is 1090. The number of ether oxygens (including phenoxy) is 2. The third-order valence-electron chi connectivity index (χ3n) is 5.30. The Hall–Kier alpha value is -3.00. The Balaban J connectivity index is 1.79. The van der Waals surface area contributed by atoms with E-state index in [2.05, 4.69) is 4.98 Å². The number of hydrogen-bond donors (Lipinski definition) is 0. The van der Waals surface area contributed by atoms with E-state index in [0.717, 1.165) is 5.56 Å². The molecule has 0 spiro atoms. The highest BCUT2D eigenvalue weighted by Gasteiger charge is 2.28. The van der Waals surface area contributed by atoms with E-state index in [4.69, 9.17) is 9.47 Å². The number of carbonyl (C=O) groups excluding carboxylic acids is 1. The van der Waals surface area contributed by atoms with Crippen LogP contribution in [0.4, 0.5) is 13.6 Å². The SMILES string of the molecule is COC(=O)N1CCOC(Cc2c(-c3c(F)cc(C)cc3F)nc3cc(C)ccn23)C1. The van der Waals surface area contributed by atoms with Crippen LogP contribution in [0.5, 0.6) is 0 Å². The first-order valence-corrected chi connectivity index (χ1v) is 9.75. The van der Waals surface area contributed by atoms with E-state index in [-0.39, 0.29) is 17.4 Å². The molecular formula is C22H23F2N3O3. The smallest absolute Gasteiger partial charge is 0.409 e. The highest BCUT2D eigenvalue weighted by atomic mass is 19.1. The molecule has 6 nitrogen and oxygen atoms in total. The number of fused-ring (bicyclic) bond motifs is 1. The first-order valence-electron chi connectivity index (χ1n) is 9.75. The lowest BCUT2D eigenvalue weighted by Gasteiger charge is -2.32. The van der Waals surface area contributed by atoms with Gasteiger partial charge in [0.2, 0.25) is 0 Å². The molecule has 30 heavy (non-hydrogen) atoms. The highest BCUT2D eigenvalue weighted by molar-refractivity contribution is 5.69. The number of halogens is 2. The predicted octanol–water partition coefficient (Wildman–Crippen LogP) is 3.91. The summed E-state index contributed by atoms with van der Waals surface area (Å²) in [7, 11) is 1.33. The summed E-state index contributed by atoms with van der Waals surface area (Å²) < 4.78 is 42.0. The van der Waals surface area contributed by atoms with Crippen LogP contribution < -0.4 is 0 Å². The fraction of sp³-hybridized carbons (Fsp3) is 0.364. The molecule has 4 rings (SSSR count). The molecule has 1 aliphatic heterocycles. The van der Waals surface area contributed by atoms with E-state index < -0.39 is 17.7 Å². The molecular weight excluding hydrogens is 392 g/mol. The van der Waals surface area contributed by atoms with Crippen molar-refractivity contribution in [2.24, 2.45) is 0 Å². The number of pyridine rings is 1. The molecule has 2 aromatic heterocycles. The molecule has 1 aromatic carbocycles. The van der Waals surface area contributed by atoms with E-state index in [0.29, 0.717) is 43.0 Å². The van der Waals surface area contributed by atoms with Crippen molar-refractivity contribution in [1.82, 2.24) is 14.3 Å². The maximum Gasteiger partial charge on any atom is 0.409 e. The van der Waals surface area contributed by atoms with E-state index in [1.807, 2.05) is 29.7 Å². The molecule has 1 fully saturated rings. The average Bonchev–Trinajstić information content (AvgIpc) is 3.03. The second-order valence-electron chi connectivity index (χ2n) is 7.56. The number of aryl methyl sites for hydroxylation is 2. The fourth-order valence-corrected chi connectivity index (χ4v) is 3.87. The second kappa shape index (κ2) is 8.02. The van der Waals surface area contributed by atoms with Crippen LogP contribution in [0, 0.1) is 25.5 Å². The molecule has 1 saturated heterocycles. The third-order valence-corrected chi connectivity index (χ3v) is 5.30. The van der Waals surface area contributed by atoms with Gasteiger partial charge in [-0.2, -0.15) is 0 Å². The van der Waals surface area contributed by atoms with Gasteiger partial charge >= 0.3 is 6.09 Å². The minimum atomic E-state index is -0.658. The summed E-state index contributed by atoms with van der Waals surface area (Å²) in [5.74, 6) is -1.32. The van der Waals surface area contributed by atoms with Gasteiger partial charge in [-0.05, 0) is 49.2 Å². The lowest BCUT2D eigenvalue weighted by Crippen LogP contribution is -2.46. The number of rotatable bonds is 3. The van der Waals surface area contributed by atoms with Crippen LogP contribution in [0.3, 0.4) is 0 Å². The molecule has 1 unspecified atom stereocenters. The molecule has 3 heterocycles. The third kappa shape index (κ3) is 3.75. The predicted molar refractivity (Wildman–Crippen MR) is 107 cm³/mol. The van der Waals surface area contributed by atoms with Gasteiger partial charge in [-0.15, -0.1) is 0 Å². The molecule has 8 heteroatoms. The van der Waals surface area contributed by atoms with Crippen molar-refractivity contribution in [3.8, 4) is 11.3 Å². The minimum Gasteiger partial charge on any atom is -0.453 e. The number of morpholine rings is 1. The van der Waals surface area contributed by atoms with Gasteiger partial charge in [0, 0.05) is 19.2 Å². The normalized spacial score (nSPS) is 16.8. The quantitative estimate of drug-likeness (QED) is 0.651. The van der Waals surface area contributed by atoms with Crippen molar-refractivity contribution >= 4 is 11.7 Å². The Kier molecular flexibility index (Phi) is 5.42. The summed E-state index contributed by atoms with van der Waals surface area (Å²) in [5, 5.41) is 0. The number of benzene rings is 1. The van der Waals surface area contributed by atoms with Gasteiger partial charge in [0.05, 0.1) is 43.3 Å². The maximum absolute atomic E-state index is 14.8. The van der Waals surface area contributed by atoms with Crippen LogP contribution in [-0.4, -0.2) is 53.3 Å². The van der Waals surface area contributed by atoms with Gasteiger partial charge in [0.25, 0.3) is 0 Å². The van der Waals surface area contributed by atoms with Gasteiger partial charge in [-0.3, -0.25) is 0 Å². The van der Waals surface area contributed by atoms with Gasteiger partial charge in [-0.1, -0.05) is 0 Å². The summed E-state index contributed by atoms with van der Waals surface area (Å²) in [5.41, 5.74) is 2.80. The van der Waals surface area contributed by atoms with Crippen LogP contribution in [0.2, 0.25) is 0 Å². The lowest BCUT2D eigenvalue weighted by molar-refractivity contribution is -0.0241. The Morgan fingerprint density at radius 2 is 1.97 bits per heavy atom. The monoisotopic (exact) mass is 415 g/mol. The molecule has 1 aliphatic rings. The van der Waals surface area contributed by atoms with Crippen molar-refractivity contribution in [2.45, 2.75) is 26.4 Å². The first-order chi connectivity index (χ1) is 14.4. The molecule has 0 bridgehead atoms. The zero-order chi connectivity index (χ0) is 21.4. The molecule has 0 aliphatic carbocycles. The minimum absolute atomic E-state index is 0.155. The second-order valence-corrected chi connectivity index (χ2v) is 7.56. The number of aromatic nitrogens is 2. The van der Waals surface area contributed by atoms with E-state index in [1.165, 1.54) is 19.2 Å². The summed E-state index contributed by atoms with van der Waals surface area (Å²) in [6, 6.07) is 6.37. The summed E-state index contributed by atoms with van der Waals surface area (Å²) in [6.45, 7) is 4.69. The van der Waals surface area contributed by atoms with Gasteiger partial charge < -0.3 is 18.8 Å². The Morgan fingerprint density at radius 1 is 1.23 bits per heavy atom. The number of methoxy groups -OCH3 is 1. The standard InChI is InChI=1S/C22H23F2N3O3/c1-13-4-5-27-18(11-15-12-26(6-7-30-15)22(28)29-3)21(25-19(27)10-13)20-16(23)8-14(2)9-17(20)24/h4-5,8-10,15H,6-7,11-12H2,1-3H3. The zero-order valence-electron chi connectivity index (χ0n) is 17.1. The van der Waals surface area contributed by atoms with Crippen molar-refractivity contribution < 1.29 is 23.0 Å². The van der Waals surface area contributed by atoms with Crippen LogP contribution >= 0.6 is 0 Å². The van der Waals surface area contributed by atoms with E-state index >= 15 is 0 Å². The molecule has 0 N–H and O–H groups in total. The van der Waals surface area contributed by atoms with Gasteiger partial charge in [0.15, 0.2) is 0 Å². The zero-order valence-corrected chi connectivity index (χ0v) is 17.1. The average molecular weight is 415 g/mol. The molecule has 158 valence electrons. The van der Waals surface area contributed by atoms with Crippen LogP contribution in [0.25, 0.3) is 16.9 Å². The summed E-state index contributed by atoms with van der Waals surface area (Å²) in [4.78, 5) is 18.0. The van der Waals surface area contributed by atoms with Gasteiger partial charge in [-0.25, -0.2) is 18.6 Å². The van der Waals surface area contributed by atoms with Crippen molar-refractivity contribution in [3.63, 3.8) is 0 Å². The summed E-state index contributed by atoms with van der Waals surface area (Å²) in [6.07, 6.45) is 1.39. The number of amides is 1. The van der Waals surface area contributed by atoms with Crippen molar-refractivity contribution in [3.05, 3.63) is 58.9 Å². The fourth-order valence-electron chi connectivity index (χ4n) is 3.87. The summed E-state index contributed by atoms with van der Waals surface area (Å²) >= 11 is 0. The number of hydrogen-bond acceptors (Lipinski definition) is 4. The molecule has 1 amide bonds. The largest absolute Gasteiger partial charge is 0.453 e. The molecule has 0 saturated carbocycles. The molecule has 1 atom stereocenters. The number of nitrogens with zero attached hydrogens (tertiary/aromatic N) is 3. The maximum atomic E-state index is 14.8. The topological polar surface area (TPSA) is 56.1 Å². The van der Waals surface area contributed by atoms with E-state index in [1.54, 1.807) is 11.8 Å². The number of imidazole rings is 1. The first kappa shape index (κ1) is 20.3. The highest BCUT2D eigenvalue weighted by Crippen LogP contribution is 2.32. The van der Waals surface area contributed by atoms with Gasteiger partial charge in [0.1, 0.15) is 17.3 Å². The molecule has 0 radical (unpaired) electrons. The Labute approximate surface area is 173 Å². The van der Waals surface area contributed by atoms with Crippen molar-refractivity contribution in [2.75, 3.05) is 26.8 Å². The van der Waals surface area contributed by atoms with E-state index in [9.17, 15) is 13.6 Å². The number of carbonyl (C=O) groups is 1. The van der Waals surface area contributed by atoms with Crippen molar-refractivity contribution in [1.29, 1.82) is 0 Å². The van der Waals surface area contributed by atoms with Crippen LogP contribution in [0.15, 0.2) is 30.5 Å². The van der Waals surface area contributed by atoms with Crippen LogP contribution in [-0.2, 0) is 15.9 Å². The van der Waals surface area contributed by atoms with Crippen LogP contribution in [0.1, 0.15) is 16.8 Å². The molecule has 3 aromatic rings. The lowest BCUT2D eigenvalue weighted by atomic mass is 10.0. The Morgan fingerprint density at radius 3 is 2.67 bits per heavy atom.